The fourth-order valence-electron chi connectivity index (χ4n) is 3.50. The molecule has 1 atom stereocenters. The predicted molar refractivity (Wildman–Crippen MR) is 143 cm³/mol. The van der Waals surface area contributed by atoms with Gasteiger partial charge in [0.25, 0.3) is 5.92 Å². The highest BCUT2D eigenvalue weighted by Gasteiger charge is 2.44. The van der Waals surface area contributed by atoms with E-state index in [0.29, 0.717) is 16.8 Å². The zero-order chi connectivity index (χ0) is 32.0. The van der Waals surface area contributed by atoms with Crippen molar-refractivity contribution in [2.24, 2.45) is 5.73 Å². The summed E-state index contributed by atoms with van der Waals surface area (Å²) < 4.78 is 85.2. The van der Waals surface area contributed by atoms with Crippen LogP contribution in [0.25, 0.3) is 0 Å². The highest BCUT2D eigenvalue weighted by atomic mass is 79.9. The second kappa shape index (κ2) is 13.6. The lowest BCUT2D eigenvalue weighted by Gasteiger charge is -2.19. The minimum Gasteiger partial charge on any atom is -0.475 e. The number of benzene rings is 2. The van der Waals surface area contributed by atoms with E-state index in [4.69, 9.17) is 21.0 Å². The number of hydrogen-bond acceptors (Lipinski definition) is 6. The zero-order valence-corrected chi connectivity index (χ0v) is 24.0. The Hall–Kier alpha value is -3.64. The van der Waals surface area contributed by atoms with E-state index in [1.54, 1.807) is 31.2 Å². The number of nitrogens with zero attached hydrogens (tertiary/aromatic N) is 1. The van der Waals surface area contributed by atoms with Gasteiger partial charge in [0, 0.05) is 28.7 Å². The van der Waals surface area contributed by atoms with Gasteiger partial charge in [-0.05, 0) is 64.8 Å². The summed E-state index contributed by atoms with van der Waals surface area (Å²) in [7, 11) is -4.11. The Kier molecular flexibility index (Phi) is 11.2. The molecule has 1 aliphatic rings. The molecule has 0 aliphatic carbocycles. The van der Waals surface area contributed by atoms with Gasteiger partial charge in [0.15, 0.2) is 0 Å². The molecule has 1 heterocycles. The lowest BCUT2D eigenvalue weighted by atomic mass is 10.1. The average Bonchev–Trinajstić information content (AvgIpc) is 3.24. The maximum Gasteiger partial charge on any atom is 0.490 e. The van der Waals surface area contributed by atoms with Crippen molar-refractivity contribution in [1.82, 2.24) is 9.62 Å². The van der Waals surface area contributed by atoms with E-state index in [-0.39, 0.29) is 21.7 Å². The number of carbonyl (C=O) groups is 3. The summed E-state index contributed by atoms with van der Waals surface area (Å²) in [5, 5.41) is 19.7. The Morgan fingerprint density at radius 2 is 1.71 bits per heavy atom. The molecule has 2 aromatic carbocycles. The highest BCUT2D eigenvalue weighted by molar-refractivity contribution is 9.10. The van der Waals surface area contributed by atoms with Crippen molar-refractivity contribution < 1.29 is 49.9 Å². The molecule has 0 spiro atoms. The van der Waals surface area contributed by atoms with Crippen molar-refractivity contribution in [3.8, 4) is 0 Å². The summed E-state index contributed by atoms with van der Waals surface area (Å²) in [5.74, 6) is -7.01. The molecule has 42 heavy (non-hydrogen) atoms. The summed E-state index contributed by atoms with van der Waals surface area (Å²) in [5.41, 5.74) is 6.88. The van der Waals surface area contributed by atoms with Crippen LogP contribution in [-0.2, 0) is 24.4 Å². The van der Waals surface area contributed by atoms with Crippen molar-refractivity contribution >= 4 is 55.3 Å². The largest absolute Gasteiger partial charge is 0.490 e. The number of rotatable bonds is 8. The van der Waals surface area contributed by atoms with Crippen LogP contribution in [-0.4, -0.2) is 66.6 Å². The van der Waals surface area contributed by atoms with Gasteiger partial charge in [0.1, 0.15) is 12.3 Å². The van der Waals surface area contributed by atoms with Gasteiger partial charge in [-0.15, -0.1) is 0 Å². The Morgan fingerprint density at radius 1 is 1.14 bits per heavy atom. The fraction of sp³-hybridized carbons (Fsp3) is 0.333. The maximum absolute atomic E-state index is 13.5. The first-order valence-electron chi connectivity index (χ1n) is 11.7. The molecule has 0 bridgehead atoms. The van der Waals surface area contributed by atoms with Gasteiger partial charge in [-0.25, -0.2) is 22.0 Å². The van der Waals surface area contributed by atoms with E-state index < -0.39 is 65.3 Å². The van der Waals surface area contributed by atoms with Gasteiger partial charge >= 0.3 is 12.1 Å². The number of amides is 2. The number of nitrogens with two attached hydrogens (primary N) is 1. The molecule has 1 fully saturated rings. The number of carboxylic acids is 1. The number of carbonyl (C=O) groups excluding carboxylic acids is 2. The minimum absolute atomic E-state index is 0.105. The normalized spacial score (nSPS) is 15.6. The van der Waals surface area contributed by atoms with Crippen LogP contribution in [0, 0.1) is 5.41 Å². The number of nitrogen functional groups attached to an aromatic ring is 1. The molecule has 0 saturated carbocycles. The number of carboxylic acid groups (broad SMARTS) is 1. The number of halogens is 6. The number of sulfonamides is 1. The van der Waals surface area contributed by atoms with E-state index in [9.17, 15) is 40.0 Å². The van der Waals surface area contributed by atoms with Crippen LogP contribution in [0.2, 0.25) is 0 Å². The van der Waals surface area contributed by atoms with Crippen LogP contribution in [0.3, 0.4) is 0 Å². The van der Waals surface area contributed by atoms with Crippen LogP contribution >= 0.6 is 15.9 Å². The van der Waals surface area contributed by atoms with Crippen LogP contribution < -0.4 is 16.4 Å². The lowest BCUT2D eigenvalue weighted by Crippen LogP contribution is -2.32. The summed E-state index contributed by atoms with van der Waals surface area (Å²) in [6, 6.07) is 9.96. The SMILES string of the molecule is CC(NC(=O)CC(=O)Nc1ccc(C(=N)N)cc1)c1ccc(S(=O)(=O)N2CCC(F)(F)C2)c(Br)c1.O=C(O)C(F)(F)F. The molecule has 230 valence electrons. The maximum atomic E-state index is 13.5. The molecule has 6 N–H and O–H groups in total. The number of nitrogens with one attached hydrogen (secondary N) is 3. The molecule has 3 rings (SSSR count). The Balaban J connectivity index is 0.000000782. The fourth-order valence-corrected chi connectivity index (χ4v) is 6.03. The van der Waals surface area contributed by atoms with Crippen molar-refractivity contribution in [2.45, 2.75) is 42.8 Å². The number of amidine groups is 1. The predicted octanol–water partition coefficient (Wildman–Crippen LogP) is 3.60. The Bertz CT molecular complexity index is 1450. The lowest BCUT2D eigenvalue weighted by molar-refractivity contribution is -0.192. The van der Waals surface area contributed by atoms with Crippen LogP contribution in [0.15, 0.2) is 51.8 Å². The van der Waals surface area contributed by atoms with Crippen LogP contribution in [0.1, 0.15) is 36.9 Å². The second-order valence-corrected chi connectivity index (χ2v) is 11.7. The number of aliphatic carboxylic acids is 1. The first kappa shape index (κ1) is 34.6. The molecular formula is C24H25BrF5N5O6S. The topological polar surface area (TPSA) is 183 Å². The number of anilines is 1. The Morgan fingerprint density at radius 3 is 2.17 bits per heavy atom. The number of hydrogen-bond donors (Lipinski definition) is 5. The van der Waals surface area contributed by atoms with Gasteiger partial charge in [-0.3, -0.25) is 15.0 Å². The van der Waals surface area contributed by atoms with Gasteiger partial charge in [0.2, 0.25) is 21.8 Å². The summed E-state index contributed by atoms with van der Waals surface area (Å²) in [6.07, 6.45) is -6.06. The van der Waals surface area contributed by atoms with E-state index in [1.165, 1.54) is 18.2 Å². The molecule has 0 radical (unpaired) electrons. The highest BCUT2D eigenvalue weighted by Crippen LogP contribution is 2.34. The standard InChI is InChI=1S/C22H24BrF2N5O4S.C2HF3O2/c1-13(28-19(31)11-20(32)29-16-5-2-14(3-6-16)21(26)27)15-4-7-18(17(23)10-15)35(33,34)30-9-8-22(24,25)12-30;3-2(4,5)1(6)7/h2-7,10,13H,8-9,11-12H2,1H3,(H3,26,27)(H,28,31)(H,29,32);(H,6,7). The average molecular weight is 686 g/mol. The molecule has 1 aliphatic heterocycles. The molecule has 18 heteroatoms. The summed E-state index contributed by atoms with van der Waals surface area (Å²) in [4.78, 5) is 33.2. The smallest absolute Gasteiger partial charge is 0.475 e. The van der Waals surface area contributed by atoms with E-state index in [0.717, 1.165) is 4.31 Å². The van der Waals surface area contributed by atoms with Crippen LogP contribution in [0.5, 0.6) is 0 Å². The summed E-state index contributed by atoms with van der Waals surface area (Å²) in [6.45, 7) is 0.533. The summed E-state index contributed by atoms with van der Waals surface area (Å²) >= 11 is 3.19. The molecule has 11 nitrogen and oxygen atoms in total. The first-order chi connectivity index (χ1) is 19.2. The van der Waals surface area contributed by atoms with Crippen molar-refractivity contribution in [2.75, 3.05) is 18.4 Å². The van der Waals surface area contributed by atoms with Crippen molar-refractivity contribution in [3.05, 3.63) is 58.1 Å². The number of alkyl halides is 5. The second-order valence-electron chi connectivity index (χ2n) is 8.94. The molecule has 1 saturated heterocycles. The van der Waals surface area contributed by atoms with Crippen molar-refractivity contribution in [1.29, 1.82) is 5.41 Å². The quantitative estimate of drug-likeness (QED) is 0.122. The van der Waals surface area contributed by atoms with E-state index in [2.05, 4.69) is 26.6 Å². The van der Waals surface area contributed by atoms with E-state index >= 15 is 0 Å². The molecule has 0 aromatic heterocycles. The monoisotopic (exact) mass is 685 g/mol. The third-order valence-corrected chi connectivity index (χ3v) is 8.45. The molecule has 2 amide bonds. The van der Waals surface area contributed by atoms with Gasteiger partial charge in [0.05, 0.1) is 17.5 Å². The van der Waals surface area contributed by atoms with Gasteiger partial charge in [-0.1, -0.05) is 6.07 Å². The van der Waals surface area contributed by atoms with Gasteiger partial charge in [-0.2, -0.15) is 17.5 Å². The minimum atomic E-state index is -5.08. The van der Waals surface area contributed by atoms with Crippen molar-refractivity contribution in [3.63, 3.8) is 0 Å². The zero-order valence-electron chi connectivity index (χ0n) is 21.6. The van der Waals surface area contributed by atoms with Crippen LogP contribution in [0.4, 0.5) is 27.6 Å². The first-order valence-corrected chi connectivity index (χ1v) is 14.0. The molecule has 2 aromatic rings. The molecule has 1 unspecified atom stereocenters. The third-order valence-electron chi connectivity index (χ3n) is 5.63. The third kappa shape index (κ3) is 9.73. The molecular weight excluding hydrogens is 661 g/mol. The van der Waals surface area contributed by atoms with E-state index in [1.807, 2.05) is 0 Å². The Labute approximate surface area is 244 Å². The van der Waals surface area contributed by atoms with Gasteiger partial charge < -0.3 is 21.5 Å².